The predicted molar refractivity (Wildman–Crippen MR) is 87.1 cm³/mol. The molecule has 1 saturated carbocycles. The number of rotatable bonds is 6. The van der Waals surface area contributed by atoms with Crippen LogP contribution in [0.4, 0.5) is 11.8 Å². The highest BCUT2D eigenvalue weighted by Crippen LogP contribution is 2.33. The summed E-state index contributed by atoms with van der Waals surface area (Å²) in [5, 5.41) is 13.0. The molecule has 0 amide bonds. The molecule has 1 aliphatic rings. The Morgan fingerprint density at radius 2 is 2.09 bits per heavy atom. The molecule has 0 radical (unpaired) electrons. The maximum atomic E-state index is 9.62. The van der Waals surface area contributed by atoms with Crippen molar-refractivity contribution in [3.8, 4) is 5.88 Å². The molecule has 1 aliphatic carbocycles. The van der Waals surface area contributed by atoms with Crippen LogP contribution in [0, 0.1) is 5.92 Å². The Balaban J connectivity index is 1.77. The van der Waals surface area contributed by atoms with Gasteiger partial charge >= 0.3 is 0 Å². The van der Waals surface area contributed by atoms with Gasteiger partial charge in [0.2, 0.25) is 11.8 Å². The SMILES string of the molecule is COc1cc(N[C@@H](Cc2ccncc2)C2CC(O)C2)nc(N)n1. The van der Waals surface area contributed by atoms with Crippen molar-refractivity contribution in [1.29, 1.82) is 0 Å². The largest absolute Gasteiger partial charge is 0.481 e. The van der Waals surface area contributed by atoms with Crippen molar-refractivity contribution in [3.05, 3.63) is 36.2 Å². The second kappa shape index (κ2) is 6.78. The number of pyridine rings is 1. The number of hydrogen-bond donors (Lipinski definition) is 3. The monoisotopic (exact) mass is 315 g/mol. The van der Waals surface area contributed by atoms with Crippen LogP contribution in [0.15, 0.2) is 30.6 Å². The van der Waals surface area contributed by atoms with E-state index in [1.54, 1.807) is 25.6 Å². The number of nitrogens with two attached hydrogens (primary N) is 1. The van der Waals surface area contributed by atoms with Gasteiger partial charge < -0.3 is 20.9 Å². The fourth-order valence-electron chi connectivity index (χ4n) is 2.88. The van der Waals surface area contributed by atoms with E-state index < -0.39 is 0 Å². The number of aliphatic hydroxyl groups is 1. The first-order valence-electron chi connectivity index (χ1n) is 7.66. The van der Waals surface area contributed by atoms with E-state index >= 15 is 0 Å². The zero-order valence-corrected chi connectivity index (χ0v) is 13.0. The van der Waals surface area contributed by atoms with Gasteiger partial charge in [0, 0.05) is 24.5 Å². The normalized spacial score (nSPS) is 21.3. The van der Waals surface area contributed by atoms with Crippen LogP contribution in [0.3, 0.4) is 0 Å². The second-order valence-electron chi connectivity index (χ2n) is 5.85. The number of anilines is 2. The summed E-state index contributed by atoms with van der Waals surface area (Å²) in [4.78, 5) is 12.3. The van der Waals surface area contributed by atoms with Crippen molar-refractivity contribution in [2.75, 3.05) is 18.2 Å². The summed E-state index contributed by atoms with van der Waals surface area (Å²) >= 11 is 0. The minimum absolute atomic E-state index is 0.153. The van der Waals surface area contributed by atoms with Gasteiger partial charge in [0.15, 0.2) is 0 Å². The van der Waals surface area contributed by atoms with E-state index in [1.807, 2.05) is 12.1 Å². The van der Waals surface area contributed by atoms with E-state index in [4.69, 9.17) is 10.5 Å². The molecule has 0 bridgehead atoms. The van der Waals surface area contributed by atoms with E-state index in [0.29, 0.717) is 17.6 Å². The number of nitrogens with one attached hydrogen (secondary N) is 1. The number of ether oxygens (including phenoxy) is 1. The molecule has 7 nitrogen and oxygen atoms in total. The summed E-state index contributed by atoms with van der Waals surface area (Å²) in [5.41, 5.74) is 6.91. The van der Waals surface area contributed by atoms with E-state index in [9.17, 15) is 5.11 Å². The van der Waals surface area contributed by atoms with E-state index in [-0.39, 0.29) is 18.1 Å². The van der Waals surface area contributed by atoms with Gasteiger partial charge in [-0.25, -0.2) is 0 Å². The van der Waals surface area contributed by atoms with Gasteiger partial charge in [-0.15, -0.1) is 0 Å². The third kappa shape index (κ3) is 3.87. The lowest BCUT2D eigenvalue weighted by Crippen LogP contribution is -2.42. The molecular weight excluding hydrogens is 294 g/mol. The lowest BCUT2D eigenvalue weighted by atomic mass is 9.75. The highest BCUT2D eigenvalue weighted by molar-refractivity contribution is 5.44. The van der Waals surface area contributed by atoms with Gasteiger partial charge in [-0.05, 0) is 42.9 Å². The van der Waals surface area contributed by atoms with Crippen molar-refractivity contribution >= 4 is 11.8 Å². The quantitative estimate of drug-likeness (QED) is 0.736. The van der Waals surface area contributed by atoms with Gasteiger partial charge in [0.1, 0.15) is 5.82 Å². The maximum Gasteiger partial charge on any atom is 0.225 e. The summed E-state index contributed by atoms with van der Waals surface area (Å²) < 4.78 is 5.13. The molecule has 122 valence electrons. The minimum atomic E-state index is -0.202. The van der Waals surface area contributed by atoms with Crippen molar-refractivity contribution in [2.24, 2.45) is 5.92 Å². The Bertz CT molecular complexity index is 646. The number of hydrogen-bond acceptors (Lipinski definition) is 7. The Morgan fingerprint density at radius 3 is 2.74 bits per heavy atom. The second-order valence-corrected chi connectivity index (χ2v) is 5.85. The van der Waals surface area contributed by atoms with Crippen LogP contribution in [-0.2, 0) is 6.42 Å². The summed E-state index contributed by atoms with van der Waals surface area (Å²) in [6.07, 6.45) is 5.78. The molecule has 23 heavy (non-hydrogen) atoms. The smallest absolute Gasteiger partial charge is 0.225 e. The maximum absolute atomic E-state index is 9.62. The van der Waals surface area contributed by atoms with Crippen molar-refractivity contribution in [1.82, 2.24) is 15.0 Å². The minimum Gasteiger partial charge on any atom is -0.481 e. The summed E-state index contributed by atoms with van der Waals surface area (Å²) in [6, 6.07) is 5.88. The van der Waals surface area contributed by atoms with Crippen LogP contribution in [0.5, 0.6) is 5.88 Å². The fraction of sp³-hybridized carbons (Fsp3) is 0.438. The fourth-order valence-corrected chi connectivity index (χ4v) is 2.88. The van der Waals surface area contributed by atoms with Gasteiger partial charge in [-0.1, -0.05) is 0 Å². The zero-order chi connectivity index (χ0) is 16.2. The highest BCUT2D eigenvalue weighted by Gasteiger charge is 2.34. The molecule has 2 heterocycles. The molecular formula is C16H21N5O2. The molecule has 0 unspecified atom stereocenters. The first-order chi connectivity index (χ1) is 11.1. The van der Waals surface area contributed by atoms with Gasteiger partial charge in [0.05, 0.1) is 13.2 Å². The number of nitrogen functional groups attached to an aromatic ring is 1. The highest BCUT2D eigenvalue weighted by atomic mass is 16.5. The van der Waals surface area contributed by atoms with Crippen LogP contribution in [-0.4, -0.2) is 39.3 Å². The van der Waals surface area contributed by atoms with Gasteiger partial charge in [0.25, 0.3) is 0 Å². The van der Waals surface area contributed by atoms with E-state index in [1.165, 1.54) is 5.56 Å². The molecule has 3 rings (SSSR count). The molecule has 2 aromatic rings. The average Bonchev–Trinajstić information content (AvgIpc) is 2.51. The number of aromatic nitrogens is 3. The molecule has 0 saturated heterocycles. The molecule has 0 aromatic carbocycles. The van der Waals surface area contributed by atoms with Crippen LogP contribution in [0.1, 0.15) is 18.4 Å². The van der Waals surface area contributed by atoms with Crippen LogP contribution in [0.25, 0.3) is 0 Å². The summed E-state index contributed by atoms with van der Waals surface area (Å²) in [5.74, 6) is 1.62. The number of aliphatic hydroxyl groups excluding tert-OH is 1. The first kappa shape index (κ1) is 15.5. The molecule has 0 aliphatic heterocycles. The number of methoxy groups -OCH3 is 1. The third-order valence-electron chi connectivity index (χ3n) is 4.19. The van der Waals surface area contributed by atoms with E-state index in [0.717, 1.165) is 19.3 Å². The topological polar surface area (TPSA) is 106 Å². The standard InChI is InChI=1S/C16H21N5O2/c1-23-15-9-14(20-16(17)21-15)19-13(11-7-12(22)8-11)6-10-2-4-18-5-3-10/h2-5,9,11-13,22H,6-8H2,1H3,(H3,17,19,20,21)/t11?,12?,13-/m0/s1. The molecule has 1 atom stereocenters. The molecule has 2 aromatic heterocycles. The van der Waals surface area contributed by atoms with Crippen molar-refractivity contribution in [2.45, 2.75) is 31.4 Å². The Hall–Kier alpha value is -2.41. The lowest BCUT2D eigenvalue weighted by Gasteiger charge is -2.38. The third-order valence-corrected chi connectivity index (χ3v) is 4.19. The molecule has 4 N–H and O–H groups in total. The van der Waals surface area contributed by atoms with Crippen LogP contribution in [0.2, 0.25) is 0 Å². The number of nitrogens with zero attached hydrogens (tertiary/aromatic N) is 3. The molecule has 0 spiro atoms. The molecule has 1 fully saturated rings. The summed E-state index contributed by atoms with van der Waals surface area (Å²) in [7, 11) is 1.54. The first-order valence-corrected chi connectivity index (χ1v) is 7.66. The Kier molecular flexibility index (Phi) is 4.57. The lowest BCUT2D eigenvalue weighted by molar-refractivity contribution is 0.0341. The summed E-state index contributed by atoms with van der Waals surface area (Å²) in [6.45, 7) is 0. The van der Waals surface area contributed by atoms with Crippen molar-refractivity contribution in [3.63, 3.8) is 0 Å². The van der Waals surface area contributed by atoms with Gasteiger partial charge in [-0.3, -0.25) is 4.98 Å². The van der Waals surface area contributed by atoms with Gasteiger partial charge in [-0.2, -0.15) is 9.97 Å². The Labute approximate surface area is 134 Å². The zero-order valence-electron chi connectivity index (χ0n) is 13.0. The average molecular weight is 315 g/mol. The molecule has 7 heteroatoms. The van der Waals surface area contributed by atoms with Crippen molar-refractivity contribution < 1.29 is 9.84 Å². The van der Waals surface area contributed by atoms with Crippen LogP contribution < -0.4 is 15.8 Å². The Morgan fingerprint density at radius 1 is 1.35 bits per heavy atom. The van der Waals surface area contributed by atoms with Crippen LogP contribution >= 0.6 is 0 Å². The van der Waals surface area contributed by atoms with E-state index in [2.05, 4.69) is 20.3 Å². The predicted octanol–water partition coefficient (Wildman–Crippen LogP) is 1.26.